The number of hydrogen-bond donors (Lipinski definition) is 1. The van der Waals surface area contributed by atoms with Crippen LogP contribution in [0.25, 0.3) is 5.70 Å². The Kier molecular flexibility index (Phi) is 1.99. The van der Waals surface area contributed by atoms with Crippen molar-refractivity contribution in [2.75, 3.05) is 5.32 Å². The first-order valence-corrected chi connectivity index (χ1v) is 5.25. The third-order valence-corrected chi connectivity index (χ3v) is 2.69. The second-order valence-corrected chi connectivity index (χ2v) is 3.87. The smallest absolute Gasteiger partial charge is 0.225 e. The molecule has 16 heavy (non-hydrogen) atoms. The zero-order valence-electron chi connectivity index (χ0n) is 9.01. The van der Waals surface area contributed by atoms with E-state index in [1.54, 1.807) is 6.33 Å². The van der Waals surface area contributed by atoms with E-state index in [1.165, 1.54) is 11.1 Å². The van der Waals surface area contributed by atoms with Gasteiger partial charge in [0.05, 0.1) is 6.54 Å². The maximum absolute atomic E-state index is 4.15. The molecule has 0 atom stereocenters. The maximum atomic E-state index is 4.15. The van der Waals surface area contributed by atoms with E-state index in [9.17, 15) is 0 Å². The molecule has 0 amide bonds. The summed E-state index contributed by atoms with van der Waals surface area (Å²) in [6.07, 6.45) is 3.68. The predicted octanol–water partition coefficient (Wildman–Crippen LogP) is 2.05. The van der Waals surface area contributed by atoms with Crippen molar-refractivity contribution in [1.82, 2.24) is 14.8 Å². The van der Waals surface area contributed by atoms with Gasteiger partial charge in [-0.15, -0.1) is 0 Å². The van der Waals surface area contributed by atoms with Crippen LogP contribution in [0.1, 0.15) is 11.1 Å². The first-order valence-electron chi connectivity index (χ1n) is 5.25. The molecule has 1 aromatic heterocycles. The lowest BCUT2D eigenvalue weighted by Crippen LogP contribution is -2.13. The van der Waals surface area contributed by atoms with Gasteiger partial charge >= 0.3 is 0 Å². The van der Waals surface area contributed by atoms with Gasteiger partial charge in [-0.25, -0.2) is 4.68 Å². The number of allylic oxidation sites excluding steroid dienone is 1. The molecule has 0 saturated carbocycles. The van der Waals surface area contributed by atoms with Crippen molar-refractivity contribution in [2.24, 2.45) is 0 Å². The molecule has 4 nitrogen and oxygen atoms in total. The Hall–Kier alpha value is -2.10. The molecule has 0 fully saturated rings. The van der Waals surface area contributed by atoms with Crippen LogP contribution in [0.4, 0.5) is 5.95 Å². The largest absolute Gasteiger partial charge is 0.324 e. The molecule has 1 aliphatic rings. The molecular formula is C12H12N4. The molecule has 0 spiro atoms. The minimum Gasteiger partial charge on any atom is -0.324 e. The highest BCUT2D eigenvalue weighted by Gasteiger charge is 2.12. The van der Waals surface area contributed by atoms with Crippen LogP contribution in [0.2, 0.25) is 0 Å². The summed E-state index contributed by atoms with van der Waals surface area (Å²) in [5, 5.41) is 7.36. The van der Waals surface area contributed by atoms with Crippen molar-refractivity contribution >= 4 is 11.6 Å². The van der Waals surface area contributed by atoms with Crippen LogP contribution in [0, 0.1) is 6.92 Å². The second-order valence-electron chi connectivity index (χ2n) is 3.87. The number of fused-ring (bicyclic) bond motifs is 1. The molecule has 0 unspecified atom stereocenters. The minimum atomic E-state index is 0.769. The molecule has 3 rings (SSSR count). The summed E-state index contributed by atoms with van der Waals surface area (Å²) in [7, 11) is 0. The summed E-state index contributed by atoms with van der Waals surface area (Å²) in [5.41, 5.74) is 3.55. The van der Waals surface area contributed by atoms with Crippen LogP contribution in [0.15, 0.2) is 36.7 Å². The zero-order valence-corrected chi connectivity index (χ0v) is 9.01. The van der Waals surface area contributed by atoms with Crippen molar-refractivity contribution < 1.29 is 0 Å². The number of nitrogens with zero attached hydrogens (tertiary/aromatic N) is 3. The van der Waals surface area contributed by atoms with Crippen LogP contribution < -0.4 is 5.32 Å². The van der Waals surface area contributed by atoms with E-state index in [4.69, 9.17) is 0 Å². The quantitative estimate of drug-likeness (QED) is 0.786. The first-order chi connectivity index (χ1) is 7.83. The molecule has 0 aliphatic carbocycles. The third kappa shape index (κ3) is 1.48. The van der Waals surface area contributed by atoms with Crippen LogP contribution in [0.5, 0.6) is 0 Å². The van der Waals surface area contributed by atoms with Gasteiger partial charge in [-0.2, -0.15) is 10.1 Å². The van der Waals surface area contributed by atoms with Crippen molar-refractivity contribution in [2.45, 2.75) is 13.5 Å². The van der Waals surface area contributed by atoms with Gasteiger partial charge in [0.1, 0.15) is 6.33 Å². The number of anilines is 1. The highest BCUT2D eigenvalue weighted by Crippen LogP contribution is 2.21. The van der Waals surface area contributed by atoms with Crippen molar-refractivity contribution in [1.29, 1.82) is 0 Å². The topological polar surface area (TPSA) is 42.7 Å². The molecule has 1 N–H and O–H groups in total. The minimum absolute atomic E-state index is 0.769. The Morgan fingerprint density at radius 1 is 1.25 bits per heavy atom. The monoisotopic (exact) mass is 212 g/mol. The van der Waals surface area contributed by atoms with Crippen LogP contribution in [-0.2, 0) is 6.54 Å². The standard InChI is InChI=1S/C12H12N4/c1-9-2-4-10(5-3-9)11-6-7-16-12(15-11)13-8-14-16/h2-6,8H,7H2,1H3,(H,13,14,15). The van der Waals surface area contributed by atoms with E-state index >= 15 is 0 Å². The summed E-state index contributed by atoms with van der Waals surface area (Å²) in [5.74, 6) is 0.804. The van der Waals surface area contributed by atoms with Gasteiger partial charge in [-0.3, -0.25) is 0 Å². The average molecular weight is 212 g/mol. The van der Waals surface area contributed by atoms with Gasteiger partial charge in [0.25, 0.3) is 0 Å². The molecule has 4 heteroatoms. The van der Waals surface area contributed by atoms with Crippen LogP contribution in [0.3, 0.4) is 0 Å². The number of aryl methyl sites for hydroxylation is 1. The van der Waals surface area contributed by atoms with Crippen molar-refractivity contribution in [3.05, 3.63) is 47.8 Å². The lowest BCUT2D eigenvalue weighted by atomic mass is 10.1. The van der Waals surface area contributed by atoms with Gasteiger partial charge in [0.15, 0.2) is 0 Å². The van der Waals surface area contributed by atoms with Gasteiger partial charge in [-0.1, -0.05) is 29.8 Å². The molecule has 1 aromatic carbocycles. The van der Waals surface area contributed by atoms with Gasteiger partial charge in [0.2, 0.25) is 5.95 Å². The fourth-order valence-corrected chi connectivity index (χ4v) is 1.77. The Balaban J connectivity index is 1.92. The molecule has 80 valence electrons. The SMILES string of the molecule is Cc1ccc(C2=CCn3ncnc3N2)cc1. The summed E-state index contributed by atoms with van der Waals surface area (Å²) in [4.78, 5) is 4.15. The predicted molar refractivity (Wildman–Crippen MR) is 62.8 cm³/mol. The van der Waals surface area contributed by atoms with Gasteiger partial charge < -0.3 is 5.32 Å². The Bertz CT molecular complexity index is 536. The Morgan fingerprint density at radius 2 is 2.06 bits per heavy atom. The van der Waals surface area contributed by atoms with E-state index in [0.717, 1.165) is 18.2 Å². The summed E-state index contributed by atoms with van der Waals surface area (Å²) < 4.78 is 1.83. The molecule has 2 heterocycles. The second kappa shape index (κ2) is 3.48. The third-order valence-electron chi connectivity index (χ3n) is 2.69. The van der Waals surface area contributed by atoms with E-state index in [1.807, 2.05) is 4.68 Å². The number of hydrogen-bond acceptors (Lipinski definition) is 3. The molecule has 0 saturated heterocycles. The molecule has 1 aliphatic heterocycles. The number of rotatable bonds is 1. The first kappa shape index (κ1) is 9.15. The lowest BCUT2D eigenvalue weighted by Gasteiger charge is -2.16. The average Bonchev–Trinajstić information content (AvgIpc) is 2.77. The van der Waals surface area contributed by atoms with E-state index in [-0.39, 0.29) is 0 Å². The Morgan fingerprint density at radius 3 is 2.88 bits per heavy atom. The van der Waals surface area contributed by atoms with E-state index < -0.39 is 0 Å². The number of benzene rings is 1. The van der Waals surface area contributed by atoms with E-state index in [0.29, 0.717) is 0 Å². The summed E-state index contributed by atoms with van der Waals surface area (Å²) in [6.45, 7) is 2.86. The zero-order chi connectivity index (χ0) is 11.0. The van der Waals surface area contributed by atoms with E-state index in [2.05, 4.69) is 52.7 Å². The molecular weight excluding hydrogens is 200 g/mol. The van der Waals surface area contributed by atoms with Crippen LogP contribution >= 0.6 is 0 Å². The fraction of sp³-hybridized carbons (Fsp3) is 0.167. The number of aromatic nitrogens is 3. The molecule has 2 aromatic rings. The highest BCUT2D eigenvalue weighted by atomic mass is 15.4. The number of nitrogens with one attached hydrogen (secondary N) is 1. The van der Waals surface area contributed by atoms with Crippen LogP contribution in [-0.4, -0.2) is 14.8 Å². The normalized spacial score (nSPS) is 13.9. The Labute approximate surface area is 93.6 Å². The molecule has 0 radical (unpaired) electrons. The highest BCUT2D eigenvalue weighted by molar-refractivity contribution is 5.75. The van der Waals surface area contributed by atoms with Crippen molar-refractivity contribution in [3.8, 4) is 0 Å². The fourth-order valence-electron chi connectivity index (χ4n) is 1.77. The molecule has 0 bridgehead atoms. The van der Waals surface area contributed by atoms with Crippen molar-refractivity contribution in [3.63, 3.8) is 0 Å². The van der Waals surface area contributed by atoms with Gasteiger partial charge in [-0.05, 0) is 18.6 Å². The summed E-state index contributed by atoms with van der Waals surface area (Å²) in [6, 6.07) is 8.44. The maximum Gasteiger partial charge on any atom is 0.225 e. The lowest BCUT2D eigenvalue weighted by molar-refractivity contribution is 0.701. The summed E-state index contributed by atoms with van der Waals surface area (Å²) >= 11 is 0. The van der Waals surface area contributed by atoms with Gasteiger partial charge in [0, 0.05) is 5.70 Å².